The molecule has 2 aromatic rings. The third kappa shape index (κ3) is 4.17. The van der Waals surface area contributed by atoms with Crippen LogP contribution in [0.2, 0.25) is 0 Å². The SMILES string of the molecule is CC1(C)COC(c2ccc(F)cc2)CN1C(=O)COc1ccccc1. The van der Waals surface area contributed by atoms with E-state index in [1.165, 1.54) is 12.1 Å². The number of hydrogen-bond donors (Lipinski definition) is 0. The summed E-state index contributed by atoms with van der Waals surface area (Å²) in [4.78, 5) is 14.5. The van der Waals surface area contributed by atoms with E-state index in [1.54, 1.807) is 17.0 Å². The van der Waals surface area contributed by atoms with E-state index in [-0.39, 0.29) is 24.4 Å². The Morgan fingerprint density at radius 1 is 1.20 bits per heavy atom. The molecule has 0 bridgehead atoms. The molecule has 0 aromatic heterocycles. The van der Waals surface area contributed by atoms with Crippen LogP contribution in [0.15, 0.2) is 54.6 Å². The molecule has 0 aliphatic carbocycles. The average Bonchev–Trinajstić information content (AvgIpc) is 2.61. The fraction of sp³-hybridized carbons (Fsp3) is 0.350. The molecule has 1 unspecified atom stereocenters. The maximum Gasteiger partial charge on any atom is 0.261 e. The Labute approximate surface area is 147 Å². The third-order valence-corrected chi connectivity index (χ3v) is 4.37. The Kier molecular flexibility index (Phi) is 5.04. The number of nitrogens with zero attached hydrogens (tertiary/aromatic N) is 1. The van der Waals surface area contributed by atoms with Gasteiger partial charge in [0.25, 0.3) is 5.91 Å². The molecule has 1 aliphatic heterocycles. The largest absolute Gasteiger partial charge is 0.484 e. The first-order valence-electron chi connectivity index (χ1n) is 8.31. The number of para-hydroxylation sites is 1. The fourth-order valence-corrected chi connectivity index (χ4v) is 2.91. The number of rotatable bonds is 4. The molecule has 0 N–H and O–H groups in total. The number of carbonyl (C=O) groups is 1. The number of hydrogen-bond acceptors (Lipinski definition) is 3. The van der Waals surface area contributed by atoms with Crippen molar-refractivity contribution in [2.75, 3.05) is 19.8 Å². The standard InChI is InChI=1S/C20H22FNO3/c1-20(2)14-25-18(15-8-10-16(21)11-9-15)12-22(20)19(23)13-24-17-6-4-3-5-7-17/h3-11,18H,12-14H2,1-2H3. The minimum Gasteiger partial charge on any atom is -0.484 e. The normalized spacial score (nSPS) is 19.5. The predicted molar refractivity (Wildman–Crippen MR) is 92.8 cm³/mol. The Morgan fingerprint density at radius 2 is 1.88 bits per heavy atom. The number of morpholine rings is 1. The highest BCUT2D eigenvalue weighted by molar-refractivity contribution is 5.78. The minimum absolute atomic E-state index is 0.0242. The maximum absolute atomic E-state index is 13.1. The van der Waals surface area contributed by atoms with Gasteiger partial charge in [0.05, 0.1) is 18.7 Å². The Bertz CT molecular complexity index is 715. The fourth-order valence-electron chi connectivity index (χ4n) is 2.91. The Balaban J connectivity index is 1.68. The molecular weight excluding hydrogens is 321 g/mol. The van der Waals surface area contributed by atoms with E-state index in [9.17, 15) is 9.18 Å². The first-order valence-corrected chi connectivity index (χ1v) is 8.31. The molecule has 1 saturated heterocycles. The number of amides is 1. The highest BCUT2D eigenvalue weighted by atomic mass is 19.1. The first-order chi connectivity index (χ1) is 12.0. The summed E-state index contributed by atoms with van der Waals surface area (Å²) in [6.45, 7) is 4.73. The summed E-state index contributed by atoms with van der Waals surface area (Å²) in [7, 11) is 0. The summed E-state index contributed by atoms with van der Waals surface area (Å²) in [5, 5.41) is 0. The van der Waals surface area contributed by atoms with Crippen LogP contribution in [0.4, 0.5) is 4.39 Å². The van der Waals surface area contributed by atoms with Crippen molar-refractivity contribution in [3.8, 4) is 5.75 Å². The van der Waals surface area contributed by atoms with Crippen molar-refractivity contribution in [3.05, 3.63) is 66.0 Å². The summed E-state index contributed by atoms with van der Waals surface area (Å²) in [6, 6.07) is 15.5. The zero-order valence-electron chi connectivity index (χ0n) is 14.4. The predicted octanol–water partition coefficient (Wildman–Crippen LogP) is 3.58. The molecule has 1 heterocycles. The lowest BCUT2D eigenvalue weighted by molar-refractivity contribution is -0.156. The molecule has 2 aromatic carbocycles. The highest BCUT2D eigenvalue weighted by Crippen LogP contribution is 2.30. The van der Waals surface area contributed by atoms with Gasteiger partial charge in [0.2, 0.25) is 0 Å². The molecule has 1 amide bonds. The summed E-state index contributed by atoms with van der Waals surface area (Å²) in [5.41, 5.74) is 0.437. The van der Waals surface area contributed by atoms with Gasteiger partial charge in [-0.05, 0) is 43.7 Å². The molecule has 1 aliphatic rings. The van der Waals surface area contributed by atoms with Gasteiger partial charge in [-0.2, -0.15) is 0 Å². The zero-order chi connectivity index (χ0) is 17.9. The molecule has 3 rings (SSSR count). The third-order valence-electron chi connectivity index (χ3n) is 4.37. The van der Waals surface area contributed by atoms with Crippen LogP contribution in [-0.4, -0.2) is 36.1 Å². The monoisotopic (exact) mass is 343 g/mol. The van der Waals surface area contributed by atoms with Gasteiger partial charge in [-0.1, -0.05) is 30.3 Å². The second-order valence-corrected chi connectivity index (χ2v) is 6.77. The second kappa shape index (κ2) is 7.23. The van der Waals surface area contributed by atoms with Gasteiger partial charge in [-0.15, -0.1) is 0 Å². The van der Waals surface area contributed by atoms with Crippen LogP contribution in [0.1, 0.15) is 25.5 Å². The van der Waals surface area contributed by atoms with Crippen LogP contribution >= 0.6 is 0 Å². The molecule has 0 spiro atoms. The second-order valence-electron chi connectivity index (χ2n) is 6.77. The van der Waals surface area contributed by atoms with E-state index >= 15 is 0 Å². The number of carbonyl (C=O) groups excluding carboxylic acids is 1. The average molecular weight is 343 g/mol. The lowest BCUT2D eigenvalue weighted by Gasteiger charge is -2.45. The Hall–Kier alpha value is -2.40. The van der Waals surface area contributed by atoms with Gasteiger partial charge in [-0.3, -0.25) is 4.79 Å². The number of halogens is 1. The van der Waals surface area contributed by atoms with Crippen molar-refractivity contribution >= 4 is 5.91 Å². The molecule has 132 valence electrons. The van der Waals surface area contributed by atoms with Gasteiger partial charge in [-0.25, -0.2) is 4.39 Å². The maximum atomic E-state index is 13.1. The van der Waals surface area contributed by atoms with E-state index in [2.05, 4.69) is 0 Å². The molecule has 1 atom stereocenters. The molecule has 4 nitrogen and oxygen atoms in total. The topological polar surface area (TPSA) is 38.8 Å². The van der Waals surface area contributed by atoms with Crippen molar-refractivity contribution in [1.29, 1.82) is 0 Å². The summed E-state index contributed by atoms with van der Waals surface area (Å²) in [5.74, 6) is 0.283. The van der Waals surface area contributed by atoms with E-state index in [1.807, 2.05) is 44.2 Å². The van der Waals surface area contributed by atoms with Crippen LogP contribution in [0.5, 0.6) is 5.75 Å². The quantitative estimate of drug-likeness (QED) is 0.852. The molecule has 25 heavy (non-hydrogen) atoms. The first kappa shape index (κ1) is 17.4. The van der Waals surface area contributed by atoms with Gasteiger partial charge < -0.3 is 14.4 Å². The lowest BCUT2D eigenvalue weighted by Crippen LogP contribution is -2.57. The summed E-state index contributed by atoms with van der Waals surface area (Å²) >= 11 is 0. The number of benzene rings is 2. The van der Waals surface area contributed by atoms with Crippen molar-refractivity contribution < 1.29 is 18.7 Å². The van der Waals surface area contributed by atoms with Crippen molar-refractivity contribution in [2.24, 2.45) is 0 Å². The van der Waals surface area contributed by atoms with E-state index < -0.39 is 5.54 Å². The van der Waals surface area contributed by atoms with Crippen LogP contribution in [0, 0.1) is 5.82 Å². The van der Waals surface area contributed by atoms with Gasteiger partial charge >= 0.3 is 0 Å². The number of ether oxygens (including phenoxy) is 2. The van der Waals surface area contributed by atoms with Crippen LogP contribution in [0.3, 0.4) is 0 Å². The minimum atomic E-state index is -0.423. The van der Waals surface area contributed by atoms with E-state index in [0.717, 1.165) is 5.56 Å². The molecule has 1 fully saturated rings. The van der Waals surface area contributed by atoms with Gasteiger partial charge in [0.1, 0.15) is 17.7 Å². The van der Waals surface area contributed by atoms with Crippen LogP contribution in [-0.2, 0) is 9.53 Å². The summed E-state index contributed by atoms with van der Waals surface area (Å²) in [6.07, 6.45) is -0.269. The molecular formula is C20H22FNO3. The van der Waals surface area contributed by atoms with Crippen molar-refractivity contribution in [1.82, 2.24) is 4.90 Å². The van der Waals surface area contributed by atoms with Crippen molar-refractivity contribution in [2.45, 2.75) is 25.5 Å². The molecule has 5 heteroatoms. The zero-order valence-corrected chi connectivity index (χ0v) is 14.4. The van der Waals surface area contributed by atoms with Crippen LogP contribution in [0.25, 0.3) is 0 Å². The molecule has 0 saturated carbocycles. The Morgan fingerprint density at radius 3 is 2.56 bits per heavy atom. The van der Waals surface area contributed by atoms with E-state index in [4.69, 9.17) is 9.47 Å². The lowest BCUT2D eigenvalue weighted by atomic mass is 9.98. The van der Waals surface area contributed by atoms with Gasteiger partial charge in [0, 0.05) is 0 Å². The molecule has 0 radical (unpaired) electrons. The smallest absolute Gasteiger partial charge is 0.261 e. The van der Waals surface area contributed by atoms with E-state index in [0.29, 0.717) is 18.9 Å². The highest BCUT2D eigenvalue weighted by Gasteiger charge is 2.38. The summed E-state index contributed by atoms with van der Waals surface area (Å²) < 4.78 is 24.6. The van der Waals surface area contributed by atoms with Crippen molar-refractivity contribution in [3.63, 3.8) is 0 Å². The van der Waals surface area contributed by atoms with Gasteiger partial charge in [0.15, 0.2) is 6.61 Å². The van der Waals surface area contributed by atoms with Crippen LogP contribution < -0.4 is 4.74 Å².